The molecule has 2 aromatic heterocycles. The number of likely N-dealkylation sites (tertiary alicyclic amines) is 1. The van der Waals surface area contributed by atoms with Crippen LogP contribution >= 0.6 is 11.6 Å². The molecule has 6 rings (SSSR count). The number of aromatic nitrogens is 1. The van der Waals surface area contributed by atoms with Crippen LogP contribution in [0, 0.1) is 5.92 Å². The minimum atomic E-state index is -0.624. The molecule has 0 bridgehead atoms. The molecule has 0 spiro atoms. The standard InChI is InChI=1S/C32H38ClN3O4/c1-21-4-3-14-36(18-21)15-13-32(38)11-9-24(10-12-32)34-31(37)28-17-26-27(35-28)5-2-6-29(26)39-19-22-20-40-30-8-7-23(33)16-25(22)30/h2,5-8,16-17,20-21,24,35,38H,3-4,9-15,18-19H2,1H3,(H,34,37)/t21-,24?,32?/m1/s1. The van der Waals surface area contributed by atoms with E-state index in [0.29, 0.717) is 23.1 Å². The molecule has 4 aromatic rings. The molecule has 1 saturated carbocycles. The van der Waals surface area contributed by atoms with Crippen LogP contribution in [0.3, 0.4) is 0 Å². The number of carbonyl (C=O) groups is 1. The Kier molecular flexibility index (Phi) is 7.80. The van der Waals surface area contributed by atoms with Crippen LogP contribution in [0.5, 0.6) is 5.75 Å². The average Bonchev–Trinajstić information content (AvgIpc) is 3.57. The van der Waals surface area contributed by atoms with Crippen molar-refractivity contribution in [2.75, 3.05) is 19.6 Å². The lowest BCUT2D eigenvalue weighted by molar-refractivity contribution is -0.0201. The maximum Gasteiger partial charge on any atom is 0.267 e. The number of halogens is 1. The highest BCUT2D eigenvalue weighted by Gasteiger charge is 2.34. The molecule has 40 heavy (non-hydrogen) atoms. The first kappa shape index (κ1) is 27.2. The second-order valence-electron chi connectivity index (χ2n) is 11.9. The molecule has 2 fully saturated rings. The number of ether oxygens (including phenoxy) is 1. The molecular weight excluding hydrogens is 526 g/mol. The van der Waals surface area contributed by atoms with Crippen LogP contribution in [-0.2, 0) is 6.61 Å². The minimum Gasteiger partial charge on any atom is -0.488 e. The molecular formula is C32H38ClN3O4. The Labute approximate surface area is 239 Å². The van der Waals surface area contributed by atoms with E-state index in [-0.39, 0.29) is 11.9 Å². The summed E-state index contributed by atoms with van der Waals surface area (Å²) >= 11 is 6.17. The quantitative estimate of drug-likeness (QED) is 0.223. The third-order valence-electron chi connectivity index (χ3n) is 8.75. The first-order valence-electron chi connectivity index (χ1n) is 14.5. The predicted octanol–water partition coefficient (Wildman–Crippen LogP) is 6.67. The van der Waals surface area contributed by atoms with Gasteiger partial charge in [0.2, 0.25) is 0 Å². The fourth-order valence-electron chi connectivity index (χ4n) is 6.37. The fourth-order valence-corrected chi connectivity index (χ4v) is 6.54. The van der Waals surface area contributed by atoms with Crippen molar-refractivity contribution in [3.05, 3.63) is 65.0 Å². The number of hydrogen-bond acceptors (Lipinski definition) is 5. The van der Waals surface area contributed by atoms with Crippen LogP contribution in [0.1, 0.15) is 67.9 Å². The number of nitrogens with zero attached hydrogens (tertiary/aromatic N) is 1. The number of furan rings is 1. The topological polar surface area (TPSA) is 90.7 Å². The van der Waals surface area contributed by atoms with Gasteiger partial charge in [0.25, 0.3) is 5.91 Å². The van der Waals surface area contributed by atoms with E-state index in [1.165, 1.54) is 12.8 Å². The molecule has 2 aliphatic rings. The number of piperidine rings is 1. The summed E-state index contributed by atoms with van der Waals surface area (Å²) in [6.45, 7) is 5.88. The zero-order valence-electron chi connectivity index (χ0n) is 23.0. The van der Waals surface area contributed by atoms with E-state index in [1.807, 2.05) is 36.4 Å². The number of fused-ring (bicyclic) bond motifs is 2. The van der Waals surface area contributed by atoms with Crippen molar-refractivity contribution in [3.63, 3.8) is 0 Å². The summed E-state index contributed by atoms with van der Waals surface area (Å²) < 4.78 is 11.8. The molecule has 1 atom stereocenters. The third-order valence-corrected chi connectivity index (χ3v) is 8.99. The summed E-state index contributed by atoms with van der Waals surface area (Å²) in [5.41, 5.74) is 2.39. The van der Waals surface area contributed by atoms with Gasteiger partial charge in [-0.1, -0.05) is 24.6 Å². The highest BCUT2D eigenvalue weighted by Crippen LogP contribution is 2.33. The average molecular weight is 564 g/mol. The second kappa shape index (κ2) is 11.5. The number of aliphatic hydroxyl groups is 1. The zero-order valence-corrected chi connectivity index (χ0v) is 23.8. The number of aromatic amines is 1. The summed E-state index contributed by atoms with van der Waals surface area (Å²) in [4.78, 5) is 18.9. The van der Waals surface area contributed by atoms with Crippen LogP contribution in [-0.4, -0.2) is 52.2 Å². The van der Waals surface area contributed by atoms with Crippen molar-refractivity contribution in [1.82, 2.24) is 15.2 Å². The maximum atomic E-state index is 13.2. The minimum absolute atomic E-state index is 0.0612. The van der Waals surface area contributed by atoms with Crippen LogP contribution in [0.4, 0.5) is 0 Å². The van der Waals surface area contributed by atoms with E-state index in [0.717, 1.165) is 85.1 Å². The number of H-pyrrole nitrogens is 1. The van der Waals surface area contributed by atoms with Crippen LogP contribution < -0.4 is 10.1 Å². The molecule has 3 heterocycles. The Balaban J connectivity index is 1.05. The first-order chi connectivity index (χ1) is 19.3. The normalized spacial score (nSPS) is 24.0. The van der Waals surface area contributed by atoms with Gasteiger partial charge in [0, 0.05) is 46.0 Å². The van der Waals surface area contributed by atoms with Gasteiger partial charge < -0.3 is 29.5 Å². The van der Waals surface area contributed by atoms with E-state index >= 15 is 0 Å². The maximum absolute atomic E-state index is 13.2. The Hall–Kier alpha value is -3.00. The summed E-state index contributed by atoms with van der Waals surface area (Å²) in [7, 11) is 0. The van der Waals surface area contributed by atoms with Crippen molar-refractivity contribution < 1.29 is 19.1 Å². The van der Waals surface area contributed by atoms with Crippen LogP contribution in [0.15, 0.2) is 53.1 Å². The van der Waals surface area contributed by atoms with Crippen molar-refractivity contribution in [3.8, 4) is 5.75 Å². The predicted molar refractivity (Wildman–Crippen MR) is 158 cm³/mol. The largest absolute Gasteiger partial charge is 0.488 e. The van der Waals surface area contributed by atoms with Gasteiger partial charge in [-0.15, -0.1) is 0 Å². The highest BCUT2D eigenvalue weighted by molar-refractivity contribution is 6.31. The Bertz CT molecular complexity index is 1490. The van der Waals surface area contributed by atoms with E-state index in [2.05, 4.69) is 22.1 Å². The molecule has 212 valence electrons. The monoisotopic (exact) mass is 563 g/mol. The Morgan fingerprint density at radius 3 is 2.88 bits per heavy atom. The molecule has 1 amide bonds. The Morgan fingerprint density at radius 1 is 1.20 bits per heavy atom. The summed E-state index contributed by atoms with van der Waals surface area (Å²) in [5, 5.41) is 16.8. The second-order valence-corrected chi connectivity index (χ2v) is 12.3. The van der Waals surface area contributed by atoms with E-state index in [1.54, 1.807) is 12.3 Å². The van der Waals surface area contributed by atoms with Crippen molar-refractivity contribution in [2.24, 2.45) is 5.92 Å². The molecule has 1 aliphatic heterocycles. The Morgan fingerprint density at radius 2 is 2.05 bits per heavy atom. The zero-order chi connectivity index (χ0) is 27.7. The van der Waals surface area contributed by atoms with Crippen LogP contribution in [0.25, 0.3) is 21.9 Å². The van der Waals surface area contributed by atoms with Gasteiger partial charge in [0.05, 0.1) is 11.9 Å². The lowest BCUT2D eigenvalue weighted by Crippen LogP contribution is -2.45. The number of hydrogen-bond donors (Lipinski definition) is 3. The fraction of sp³-hybridized carbons (Fsp3) is 0.469. The number of carbonyl (C=O) groups excluding carboxylic acids is 1. The first-order valence-corrected chi connectivity index (χ1v) is 14.9. The number of nitrogens with one attached hydrogen (secondary N) is 2. The molecule has 2 aromatic carbocycles. The van der Waals surface area contributed by atoms with E-state index in [4.69, 9.17) is 20.8 Å². The third kappa shape index (κ3) is 6.02. The van der Waals surface area contributed by atoms with Crippen molar-refractivity contribution >= 4 is 39.4 Å². The SMILES string of the molecule is C[C@@H]1CCCN(CCC2(O)CCC(NC(=O)c3cc4c(OCc5coc6ccc(Cl)cc56)cccc4[nH]3)CC2)C1. The van der Waals surface area contributed by atoms with Gasteiger partial charge in [0.1, 0.15) is 23.6 Å². The summed E-state index contributed by atoms with van der Waals surface area (Å²) in [5.74, 6) is 1.31. The lowest BCUT2D eigenvalue weighted by Gasteiger charge is -2.39. The molecule has 0 unspecified atom stereocenters. The summed E-state index contributed by atoms with van der Waals surface area (Å²) in [6.07, 6.45) is 8.09. The summed E-state index contributed by atoms with van der Waals surface area (Å²) in [6, 6.07) is 13.2. The van der Waals surface area contributed by atoms with Crippen molar-refractivity contribution in [1.29, 1.82) is 0 Å². The number of amides is 1. The van der Waals surface area contributed by atoms with Gasteiger partial charge in [-0.2, -0.15) is 0 Å². The van der Waals surface area contributed by atoms with E-state index < -0.39 is 5.60 Å². The smallest absolute Gasteiger partial charge is 0.267 e. The molecule has 0 radical (unpaired) electrons. The molecule has 8 heteroatoms. The van der Waals surface area contributed by atoms with Gasteiger partial charge in [-0.25, -0.2) is 0 Å². The number of benzene rings is 2. The highest BCUT2D eigenvalue weighted by atomic mass is 35.5. The van der Waals surface area contributed by atoms with Gasteiger partial charge in [0.15, 0.2) is 0 Å². The molecule has 7 nitrogen and oxygen atoms in total. The van der Waals surface area contributed by atoms with Crippen molar-refractivity contribution in [2.45, 2.75) is 70.1 Å². The molecule has 1 saturated heterocycles. The molecule has 1 aliphatic carbocycles. The van der Waals surface area contributed by atoms with Crippen LogP contribution in [0.2, 0.25) is 5.02 Å². The van der Waals surface area contributed by atoms with Gasteiger partial charge in [-0.3, -0.25) is 4.79 Å². The van der Waals surface area contributed by atoms with E-state index in [9.17, 15) is 9.90 Å². The number of rotatable bonds is 8. The molecule has 3 N–H and O–H groups in total. The van der Waals surface area contributed by atoms with Gasteiger partial charge in [-0.05, 0) is 93.8 Å². The van der Waals surface area contributed by atoms with Gasteiger partial charge >= 0.3 is 0 Å². The lowest BCUT2D eigenvalue weighted by atomic mass is 9.80.